The minimum atomic E-state index is -0.487. The quantitative estimate of drug-likeness (QED) is 0.667. The van der Waals surface area contributed by atoms with Crippen molar-refractivity contribution < 1.29 is 14.4 Å². The predicted octanol–water partition coefficient (Wildman–Crippen LogP) is 3.03. The van der Waals surface area contributed by atoms with Gasteiger partial charge in [-0.1, -0.05) is 55.5 Å². The second-order valence-corrected chi connectivity index (χ2v) is 8.08. The van der Waals surface area contributed by atoms with Crippen molar-refractivity contribution in [2.24, 2.45) is 0 Å². The van der Waals surface area contributed by atoms with Crippen molar-refractivity contribution in [2.75, 3.05) is 26.2 Å². The average molecular weight is 437 g/mol. The number of imide groups is 1. The van der Waals surface area contributed by atoms with Crippen molar-refractivity contribution in [1.82, 2.24) is 20.4 Å². The Hall–Kier alpha value is -3.19. The number of urea groups is 1. The zero-order chi connectivity index (χ0) is 22.8. The number of hydrogen-bond donors (Lipinski definition) is 2. The molecule has 7 heteroatoms. The summed E-state index contributed by atoms with van der Waals surface area (Å²) in [5, 5.41) is 5.15. The Morgan fingerprint density at radius 2 is 1.59 bits per heavy atom. The largest absolute Gasteiger partial charge is 0.339 e. The molecule has 0 radical (unpaired) electrons. The molecule has 1 aliphatic rings. The molecule has 32 heavy (non-hydrogen) atoms. The minimum Gasteiger partial charge on any atom is -0.339 e. The van der Waals surface area contributed by atoms with Gasteiger partial charge in [0.1, 0.15) is 0 Å². The fraction of sp³-hybridized carbons (Fsp3) is 0.400. The Bertz CT molecular complexity index is 881. The van der Waals surface area contributed by atoms with E-state index in [1.807, 2.05) is 65.6 Å². The van der Waals surface area contributed by atoms with E-state index in [-0.39, 0.29) is 24.4 Å². The zero-order valence-corrected chi connectivity index (χ0v) is 18.6. The van der Waals surface area contributed by atoms with Crippen molar-refractivity contribution in [3.05, 3.63) is 71.8 Å². The lowest BCUT2D eigenvalue weighted by atomic mass is 10.0. The van der Waals surface area contributed by atoms with E-state index >= 15 is 0 Å². The Balaban J connectivity index is 1.46. The minimum absolute atomic E-state index is 0.0546. The highest BCUT2D eigenvalue weighted by Gasteiger charge is 2.28. The number of rotatable bonds is 8. The van der Waals surface area contributed by atoms with Crippen LogP contribution in [0.5, 0.6) is 0 Å². The number of amides is 4. The van der Waals surface area contributed by atoms with Gasteiger partial charge >= 0.3 is 6.03 Å². The first kappa shape index (κ1) is 23.5. The van der Waals surface area contributed by atoms with Crippen molar-refractivity contribution in [2.45, 2.75) is 38.8 Å². The van der Waals surface area contributed by atoms with Gasteiger partial charge in [-0.3, -0.25) is 19.8 Å². The van der Waals surface area contributed by atoms with Crippen LogP contribution < -0.4 is 10.6 Å². The van der Waals surface area contributed by atoms with E-state index in [4.69, 9.17) is 0 Å². The molecule has 170 valence electrons. The standard InChI is InChI=1S/C25H32N4O3/c1-2-15-29(19-23(30)27-25(32)26-18-20-9-5-3-6-10-20)22-13-16-28(17-14-22)24(31)21-11-7-4-8-12-21/h3-12,22H,2,13-19H2,1H3,(H2,26,27,30,32). The van der Waals surface area contributed by atoms with Crippen molar-refractivity contribution in [3.63, 3.8) is 0 Å². The van der Waals surface area contributed by atoms with E-state index in [1.165, 1.54) is 0 Å². The third-order valence-corrected chi connectivity index (χ3v) is 5.70. The van der Waals surface area contributed by atoms with Crippen LogP contribution in [0.3, 0.4) is 0 Å². The first-order valence-electron chi connectivity index (χ1n) is 11.3. The second-order valence-electron chi connectivity index (χ2n) is 8.08. The number of nitrogens with zero attached hydrogens (tertiary/aromatic N) is 2. The van der Waals surface area contributed by atoms with Gasteiger partial charge in [-0.05, 0) is 43.5 Å². The van der Waals surface area contributed by atoms with Crippen LogP contribution in [0, 0.1) is 0 Å². The lowest BCUT2D eigenvalue weighted by Gasteiger charge is -2.38. The fourth-order valence-corrected chi connectivity index (χ4v) is 4.05. The molecule has 7 nitrogen and oxygen atoms in total. The molecule has 0 spiro atoms. The van der Waals surface area contributed by atoms with Crippen molar-refractivity contribution in [3.8, 4) is 0 Å². The summed E-state index contributed by atoms with van der Waals surface area (Å²) in [5.74, 6) is -0.259. The highest BCUT2D eigenvalue weighted by Crippen LogP contribution is 2.19. The van der Waals surface area contributed by atoms with Crippen LogP contribution in [-0.4, -0.2) is 59.9 Å². The summed E-state index contributed by atoms with van der Waals surface area (Å²) in [5.41, 5.74) is 1.68. The SMILES string of the molecule is CCCN(CC(=O)NC(=O)NCc1ccccc1)C1CCN(C(=O)c2ccccc2)CC1. The molecule has 1 heterocycles. The summed E-state index contributed by atoms with van der Waals surface area (Å²) in [6.07, 6.45) is 2.54. The van der Waals surface area contributed by atoms with Gasteiger partial charge in [-0.25, -0.2) is 4.79 Å². The number of benzene rings is 2. The number of likely N-dealkylation sites (tertiary alicyclic amines) is 1. The van der Waals surface area contributed by atoms with Crippen molar-refractivity contribution in [1.29, 1.82) is 0 Å². The van der Waals surface area contributed by atoms with Gasteiger partial charge in [-0.15, -0.1) is 0 Å². The first-order valence-corrected chi connectivity index (χ1v) is 11.3. The molecule has 0 unspecified atom stereocenters. The van der Waals surface area contributed by atoms with E-state index in [0.29, 0.717) is 25.2 Å². The molecule has 1 fully saturated rings. The molecule has 0 saturated carbocycles. The van der Waals surface area contributed by atoms with Gasteiger partial charge < -0.3 is 10.2 Å². The summed E-state index contributed by atoms with van der Waals surface area (Å²) in [6.45, 7) is 4.72. The fourth-order valence-electron chi connectivity index (χ4n) is 4.05. The smallest absolute Gasteiger partial charge is 0.321 e. The molecule has 2 N–H and O–H groups in total. The molecular weight excluding hydrogens is 404 g/mol. The third kappa shape index (κ3) is 6.92. The molecule has 4 amide bonds. The monoisotopic (exact) mass is 436 g/mol. The highest BCUT2D eigenvalue weighted by molar-refractivity contribution is 5.95. The normalized spacial score (nSPS) is 14.2. The summed E-state index contributed by atoms with van der Waals surface area (Å²) < 4.78 is 0. The summed E-state index contributed by atoms with van der Waals surface area (Å²) >= 11 is 0. The highest BCUT2D eigenvalue weighted by atomic mass is 16.2. The predicted molar refractivity (Wildman–Crippen MR) is 124 cm³/mol. The molecule has 2 aromatic carbocycles. The summed E-state index contributed by atoms with van der Waals surface area (Å²) in [7, 11) is 0. The van der Waals surface area contributed by atoms with Crippen LogP contribution in [-0.2, 0) is 11.3 Å². The van der Waals surface area contributed by atoms with Crippen molar-refractivity contribution >= 4 is 17.8 Å². The maximum atomic E-state index is 12.7. The van der Waals surface area contributed by atoms with E-state index in [0.717, 1.165) is 31.4 Å². The Morgan fingerprint density at radius 1 is 0.969 bits per heavy atom. The molecule has 0 atom stereocenters. The van der Waals surface area contributed by atoms with Crippen LogP contribution in [0.15, 0.2) is 60.7 Å². The van der Waals surface area contributed by atoms with E-state index in [2.05, 4.69) is 22.5 Å². The van der Waals surface area contributed by atoms with Crippen LogP contribution in [0.25, 0.3) is 0 Å². The van der Waals surface area contributed by atoms with Gasteiger partial charge in [0.2, 0.25) is 5.91 Å². The van der Waals surface area contributed by atoms with Gasteiger partial charge in [-0.2, -0.15) is 0 Å². The van der Waals surface area contributed by atoms with E-state index in [9.17, 15) is 14.4 Å². The molecule has 1 aliphatic heterocycles. The number of carbonyl (C=O) groups is 3. The molecule has 3 rings (SSSR count). The van der Waals surface area contributed by atoms with Gasteiger partial charge in [0, 0.05) is 31.2 Å². The zero-order valence-electron chi connectivity index (χ0n) is 18.6. The number of hydrogen-bond acceptors (Lipinski definition) is 4. The Morgan fingerprint density at radius 3 is 2.22 bits per heavy atom. The van der Waals surface area contributed by atoms with Crippen LogP contribution in [0.1, 0.15) is 42.1 Å². The maximum Gasteiger partial charge on any atom is 0.321 e. The lowest BCUT2D eigenvalue weighted by molar-refractivity contribution is -0.122. The first-order chi connectivity index (χ1) is 15.6. The molecule has 2 aromatic rings. The third-order valence-electron chi connectivity index (χ3n) is 5.70. The topological polar surface area (TPSA) is 81.8 Å². The van der Waals surface area contributed by atoms with Gasteiger partial charge in [0.05, 0.1) is 6.54 Å². The van der Waals surface area contributed by atoms with Gasteiger partial charge in [0.15, 0.2) is 0 Å². The van der Waals surface area contributed by atoms with Crippen LogP contribution in [0.4, 0.5) is 4.79 Å². The number of carbonyl (C=O) groups excluding carboxylic acids is 3. The van der Waals surface area contributed by atoms with Gasteiger partial charge in [0.25, 0.3) is 5.91 Å². The molecule has 0 bridgehead atoms. The molecular formula is C25H32N4O3. The molecule has 0 aromatic heterocycles. The Labute approximate surface area is 189 Å². The second kappa shape index (κ2) is 12.0. The number of nitrogens with one attached hydrogen (secondary N) is 2. The molecule has 0 aliphatic carbocycles. The maximum absolute atomic E-state index is 12.7. The lowest BCUT2D eigenvalue weighted by Crippen LogP contribution is -2.51. The Kier molecular flexibility index (Phi) is 8.80. The molecule has 1 saturated heterocycles. The summed E-state index contributed by atoms with van der Waals surface area (Å²) in [4.78, 5) is 41.2. The average Bonchev–Trinajstić information content (AvgIpc) is 2.83. The van der Waals surface area contributed by atoms with E-state index in [1.54, 1.807) is 0 Å². The number of piperidine rings is 1. The van der Waals surface area contributed by atoms with Crippen LogP contribution >= 0.6 is 0 Å². The van der Waals surface area contributed by atoms with Crippen LogP contribution in [0.2, 0.25) is 0 Å². The van der Waals surface area contributed by atoms with E-state index < -0.39 is 6.03 Å². The summed E-state index contributed by atoms with van der Waals surface area (Å²) in [6, 6.07) is 18.6.